The van der Waals surface area contributed by atoms with Gasteiger partial charge in [0.2, 0.25) is 5.91 Å². The lowest BCUT2D eigenvalue weighted by molar-refractivity contribution is -0.120. The summed E-state index contributed by atoms with van der Waals surface area (Å²) in [7, 11) is 0. The maximum atomic E-state index is 12.3. The summed E-state index contributed by atoms with van der Waals surface area (Å²) in [5.41, 5.74) is 0.917. The van der Waals surface area contributed by atoms with E-state index in [1.807, 2.05) is 6.07 Å². The van der Waals surface area contributed by atoms with Gasteiger partial charge in [0.1, 0.15) is 0 Å². The fourth-order valence-electron chi connectivity index (χ4n) is 3.58. The number of nitriles is 1. The standard InChI is InChI=1S/C21H30N4O3/c1-3-17(4-2)19(25-9-11-28-12-10-25)14-23-20(26)15-24-21(27)18-7-5-16(13-22)6-8-18/h5-8,17,19H,3-4,9-12,14-15H2,1-2H3,(H,23,26)(H,24,27). The molecule has 1 aromatic rings. The number of nitrogens with one attached hydrogen (secondary N) is 2. The molecule has 1 aliphatic heterocycles. The van der Waals surface area contributed by atoms with Gasteiger partial charge in [-0.15, -0.1) is 0 Å². The minimum atomic E-state index is -0.329. The first-order chi connectivity index (χ1) is 13.6. The van der Waals surface area contributed by atoms with Gasteiger partial charge in [0.05, 0.1) is 31.4 Å². The molecule has 1 aromatic carbocycles. The summed E-state index contributed by atoms with van der Waals surface area (Å²) >= 11 is 0. The van der Waals surface area contributed by atoms with Crippen LogP contribution in [0, 0.1) is 17.2 Å². The highest BCUT2D eigenvalue weighted by Gasteiger charge is 2.27. The van der Waals surface area contributed by atoms with Gasteiger partial charge >= 0.3 is 0 Å². The highest BCUT2D eigenvalue weighted by Crippen LogP contribution is 2.19. The number of carbonyl (C=O) groups excluding carboxylic acids is 2. The van der Waals surface area contributed by atoms with Gasteiger partial charge in [0, 0.05) is 31.2 Å². The minimum absolute atomic E-state index is 0.0718. The Morgan fingerprint density at radius 1 is 1.14 bits per heavy atom. The Bertz CT molecular complexity index is 674. The Labute approximate surface area is 167 Å². The zero-order valence-corrected chi connectivity index (χ0v) is 16.7. The summed E-state index contributed by atoms with van der Waals surface area (Å²) in [5, 5.41) is 14.4. The van der Waals surface area contributed by atoms with E-state index >= 15 is 0 Å². The molecule has 7 nitrogen and oxygen atoms in total. The van der Waals surface area contributed by atoms with Crippen molar-refractivity contribution < 1.29 is 14.3 Å². The van der Waals surface area contributed by atoms with Crippen molar-refractivity contribution in [3.8, 4) is 6.07 Å². The van der Waals surface area contributed by atoms with E-state index in [2.05, 4.69) is 29.4 Å². The number of hydrogen-bond donors (Lipinski definition) is 2. The van der Waals surface area contributed by atoms with Gasteiger partial charge < -0.3 is 15.4 Å². The molecule has 7 heteroatoms. The third-order valence-electron chi connectivity index (χ3n) is 5.30. The fraction of sp³-hybridized carbons (Fsp3) is 0.571. The summed E-state index contributed by atoms with van der Waals surface area (Å²) in [4.78, 5) is 26.8. The molecule has 2 rings (SSSR count). The normalized spacial score (nSPS) is 15.6. The van der Waals surface area contributed by atoms with E-state index in [0.717, 1.165) is 39.1 Å². The Balaban J connectivity index is 1.84. The van der Waals surface area contributed by atoms with E-state index in [1.165, 1.54) is 0 Å². The van der Waals surface area contributed by atoms with Crippen LogP contribution in [-0.4, -0.2) is 62.1 Å². The zero-order valence-electron chi connectivity index (χ0n) is 16.7. The molecule has 0 bridgehead atoms. The lowest BCUT2D eigenvalue weighted by atomic mass is 9.92. The zero-order chi connectivity index (χ0) is 20.4. The largest absolute Gasteiger partial charge is 0.379 e. The molecule has 0 spiro atoms. The third-order valence-corrected chi connectivity index (χ3v) is 5.30. The van der Waals surface area contributed by atoms with Crippen molar-refractivity contribution in [2.75, 3.05) is 39.4 Å². The van der Waals surface area contributed by atoms with E-state index in [9.17, 15) is 9.59 Å². The first-order valence-corrected chi connectivity index (χ1v) is 9.95. The molecule has 0 radical (unpaired) electrons. The van der Waals surface area contributed by atoms with E-state index in [0.29, 0.717) is 23.6 Å². The summed E-state index contributed by atoms with van der Waals surface area (Å²) in [5.74, 6) is -0.0257. The van der Waals surface area contributed by atoms with E-state index < -0.39 is 0 Å². The van der Waals surface area contributed by atoms with Crippen LogP contribution in [0.1, 0.15) is 42.6 Å². The van der Waals surface area contributed by atoms with Crippen LogP contribution in [0.15, 0.2) is 24.3 Å². The second-order valence-electron chi connectivity index (χ2n) is 6.97. The molecule has 2 N–H and O–H groups in total. The van der Waals surface area contributed by atoms with Crippen molar-refractivity contribution in [1.82, 2.24) is 15.5 Å². The van der Waals surface area contributed by atoms with E-state index in [4.69, 9.17) is 10.00 Å². The van der Waals surface area contributed by atoms with Gasteiger partial charge in [-0.05, 0) is 30.2 Å². The number of hydrogen-bond acceptors (Lipinski definition) is 5. The van der Waals surface area contributed by atoms with Crippen molar-refractivity contribution in [3.05, 3.63) is 35.4 Å². The van der Waals surface area contributed by atoms with E-state index in [-0.39, 0.29) is 24.4 Å². The predicted molar refractivity (Wildman–Crippen MR) is 107 cm³/mol. The van der Waals surface area contributed by atoms with Crippen molar-refractivity contribution in [2.24, 2.45) is 5.92 Å². The summed E-state index contributed by atoms with van der Waals surface area (Å²) in [6.45, 7) is 8.08. The number of morpholine rings is 1. The Kier molecular flexibility index (Phi) is 8.92. The quantitative estimate of drug-likeness (QED) is 0.671. The fourth-order valence-corrected chi connectivity index (χ4v) is 3.58. The number of benzene rings is 1. The van der Waals surface area contributed by atoms with Crippen LogP contribution >= 0.6 is 0 Å². The monoisotopic (exact) mass is 386 g/mol. The molecule has 0 aromatic heterocycles. The molecule has 1 unspecified atom stereocenters. The van der Waals surface area contributed by atoms with Crippen LogP contribution in [0.25, 0.3) is 0 Å². The number of ether oxygens (including phenoxy) is 1. The van der Waals surface area contributed by atoms with Crippen molar-refractivity contribution >= 4 is 11.8 Å². The molecule has 152 valence electrons. The average Bonchev–Trinajstić information content (AvgIpc) is 2.75. The molecule has 1 saturated heterocycles. The number of amides is 2. The number of nitrogens with zero attached hydrogens (tertiary/aromatic N) is 2. The Hall–Kier alpha value is -2.43. The smallest absolute Gasteiger partial charge is 0.251 e. The summed E-state index contributed by atoms with van der Waals surface area (Å²) in [6.07, 6.45) is 2.12. The van der Waals surface area contributed by atoms with Crippen LogP contribution in [-0.2, 0) is 9.53 Å². The molecule has 1 heterocycles. The van der Waals surface area contributed by atoms with Gasteiger partial charge in [-0.2, -0.15) is 5.26 Å². The molecule has 2 amide bonds. The first kappa shape index (κ1) is 21.9. The summed E-state index contributed by atoms with van der Waals surface area (Å²) in [6, 6.07) is 8.60. The minimum Gasteiger partial charge on any atom is -0.379 e. The lowest BCUT2D eigenvalue weighted by Gasteiger charge is -2.38. The van der Waals surface area contributed by atoms with Gasteiger partial charge in [0.25, 0.3) is 5.91 Å². The number of carbonyl (C=O) groups is 2. The van der Waals surface area contributed by atoms with Crippen molar-refractivity contribution in [2.45, 2.75) is 32.7 Å². The SMILES string of the molecule is CCC(CC)C(CNC(=O)CNC(=O)c1ccc(C#N)cc1)N1CCOCC1. The molecule has 28 heavy (non-hydrogen) atoms. The number of rotatable bonds is 9. The Morgan fingerprint density at radius 2 is 1.79 bits per heavy atom. The lowest BCUT2D eigenvalue weighted by Crippen LogP contribution is -2.52. The van der Waals surface area contributed by atoms with Crippen molar-refractivity contribution in [3.63, 3.8) is 0 Å². The van der Waals surface area contributed by atoms with Crippen LogP contribution < -0.4 is 10.6 Å². The topological polar surface area (TPSA) is 94.5 Å². The second-order valence-corrected chi connectivity index (χ2v) is 6.97. The third kappa shape index (κ3) is 6.32. The van der Waals surface area contributed by atoms with Crippen LogP contribution in [0.2, 0.25) is 0 Å². The average molecular weight is 386 g/mol. The maximum Gasteiger partial charge on any atom is 0.251 e. The Morgan fingerprint density at radius 3 is 2.36 bits per heavy atom. The van der Waals surface area contributed by atoms with Crippen LogP contribution in [0.4, 0.5) is 0 Å². The maximum absolute atomic E-state index is 12.3. The van der Waals surface area contributed by atoms with Gasteiger partial charge in [-0.3, -0.25) is 14.5 Å². The van der Waals surface area contributed by atoms with E-state index in [1.54, 1.807) is 24.3 Å². The molecule has 1 atom stereocenters. The first-order valence-electron chi connectivity index (χ1n) is 9.95. The second kappa shape index (κ2) is 11.4. The molecule has 0 saturated carbocycles. The van der Waals surface area contributed by atoms with Gasteiger partial charge in [-0.1, -0.05) is 26.7 Å². The summed E-state index contributed by atoms with van der Waals surface area (Å²) < 4.78 is 5.45. The van der Waals surface area contributed by atoms with Crippen molar-refractivity contribution in [1.29, 1.82) is 5.26 Å². The van der Waals surface area contributed by atoms with Crippen LogP contribution in [0.5, 0.6) is 0 Å². The molecule has 0 aliphatic carbocycles. The molecule has 1 fully saturated rings. The highest BCUT2D eigenvalue weighted by molar-refractivity contribution is 5.96. The predicted octanol–water partition coefficient (Wildman–Crippen LogP) is 1.54. The molecular weight excluding hydrogens is 356 g/mol. The highest BCUT2D eigenvalue weighted by atomic mass is 16.5. The van der Waals surface area contributed by atoms with Crippen LogP contribution in [0.3, 0.4) is 0 Å². The molecular formula is C21H30N4O3. The van der Waals surface area contributed by atoms with Gasteiger partial charge in [-0.25, -0.2) is 0 Å². The van der Waals surface area contributed by atoms with Gasteiger partial charge in [0.15, 0.2) is 0 Å². The molecule has 1 aliphatic rings.